The molecule has 36 heavy (non-hydrogen) atoms. The van der Waals surface area contributed by atoms with E-state index in [0.717, 1.165) is 22.6 Å². The summed E-state index contributed by atoms with van der Waals surface area (Å²) in [6.45, 7) is 5.75. The summed E-state index contributed by atoms with van der Waals surface area (Å²) in [4.78, 5) is 27.5. The van der Waals surface area contributed by atoms with E-state index in [4.69, 9.17) is 0 Å². The minimum atomic E-state index is -4.87. The van der Waals surface area contributed by atoms with E-state index < -0.39 is 41.9 Å². The number of halogens is 3. The maximum atomic E-state index is 13.2. The molecule has 1 aromatic heterocycles. The molecule has 3 atom stereocenters. The van der Waals surface area contributed by atoms with E-state index in [1.807, 2.05) is 26.0 Å². The van der Waals surface area contributed by atoms with Gasteiger partial charge in [0.1, 0.15) is 5.75 Å². The molecule has 3 unspecified atom stereocenters. The van der Waals surface area contributed by atoms with E-state index in [2.05, 4.69) is 14.9 Å². The molecule has 2 aromatic carbocycles. The topological polar surface area (TPSA) is 92.6 Å². The van der Waals surface area contributed by atoms with Gasteiger partial charge < -0.3 is 9.84 Å². The van der Waals surface area contributed by atoms with Crippen molar-refractivity contribution in [2.75, 3.05) is 4.90 Å². The van der Waals surface area contributed by atoms with Crippen molar-refractivity contribution in [3.8, 4) is 5.75 Å². The molecule has 10 heteroatoms. The fraction of sp³-hybridized carbons (Fsp3) is 0.308. The van der Waals surface area contributed by atoms with Gasteiger partial charge in [-0.2, -0.15) is 5.10 Å². The zero-order valence-corrected chi connectivity index (χ0v) is 19.7. The van der Waals surface area contributed by atoms with Crippen LogP contribution in [0.1, 0.15) is 54.3 Å². The average Bonchev–Trinajstić information content (AvgIpc) is 3.09. The fourth-order valence-electron chi connectivity index (χ4n) is 4.28. The molecule has 2 heterocycles. The van der Waals surface area contributed by atoms with E-state index in [-0.39, 0.29) is 11.7 Å². The van der Waals surface area contributed by atoms with Crippen LogP contribution in [0.2, 0.25) is 0 Å². The molecule has 1 saturated heterocycles. The molecule has 1 aliphatic rings. The zero-order valence-electron chi connectivity index (χ0n) is 19.7. The molecular weight excluding hydrogens is 475 g/mol. The molecule has 3 aromatic rings. The minimum Gasteiger partial charge on any atom is -0.406 e. The highest BCUT2D eigenvalue weighted by molar-refractivity contribution is 6.44. The largest absolute Gasteiger partial charge is 0.573 e. The second-order valence-electron chi connectivity index (χ2n) is 8.93. The van der Waals surface area contributed by atoms with Gasteiger partial charge in [0.15, 0.2) is 5.82 Å². The molecule has 188 valence electrons. The molecule has 1 N–H and O–H groups in total. The Morgan fingerprint density at radius 1 is 0.917 bits per heavy atom. The summed E-state index contributed by atoms with van der Waals surface area (Å²) in [5.41, 5.74) is 2.38. The molecule has 1 amide bonds. The van der Waals surface area contributed by atoms with Crippen LogP contribution in [0.5, 0.6) is 5.75 Å². The Morgan fingerprint density at radius 3 is 2.06 bits per heavy atom. The molecule has 0 radical (unpaired) electrons. The van der Waals surface area contributed by atoms with Crippen molar-refractivity contribution in [1.29, 1.82) is 0 Å². The second kappa shape index (κ2) is 9.69. The van der Waals surface area contributed by atoms with Gasteiger partial charge in [-0.1, -0.05) is 50.2 Å². The molecule has 0 saturated carbocycles. The predicted molar refractivity (Wildman–Crippen MR) is 124 cm³/mol. The first-order valence-electron chi connectivity index (χ1n) is 11.3. The van der Waals surface area contributed by atoms with Crippen molar-refractivity contribution in [1.82, 2.24) is 10.2 Å². The number of aliphatic hydroxyl groups excluding tert-OH is 1. The lowest BCUT2D eigenvalue weighted by Crippen LogP contribution is -2.31. The maximum Gasteiger partial charge on any atom is 0.573 e. The SMILES string of the molecule is Cc1ccc(N2C(=O)C(=O)C(C(O)c3ccc(C(C)C)cc3)C2c2ccc(OC(F)(F)F)cc2)nn1. The highest BCUT2D eigenvalue weighted by Gasteiger charge is 2.52. The van der Waals surface area contributed by atoms with Crippen molar-refractivity contribution in [2.45, 2.75) is 45.2 Å². The molecule has 7 nitrogen and oxygen atoms in total. The average molecular weight is 499 g/mol. The first kappa shape index (κ1) is 25.3. The summed E-state index contributed by atoms with van der Waals surface area (Å²) >= 11 is 0. The van der Waals surface area contributed by atoms with Crippen molar-refractivity contribution >= 4 is 17.5 Å². The first-order chi connectivity index (χ1) is 17.0. The lowest BCUT2D eigenvalue weighted by Gasteiger charge is -2.29. The molecule has 1 aliphatic heterocycles. The summed E-state index contributed by atoms with van der Waals surface area (Å²) in [6, 6.07) is 14.0. The van der Waals surface area contributed by atoms with Crippen molar-refractivity contribution in [2.24, 2.45) is 5.92 Å². The van der Waals surface area contributed by atoms with Crippen LogP contribution in [0, 0.1) is 12.8 Å². The molecule has 4 rings (SSSR count). The Balaban J connectivity index is 1.77. The van der Waals surface area contributed by atoms with Gasteiger partial charge in [0.05, 0.1) is 23.8 Å². The Bertz CT molecular complexity index is 1240. The maximum absolute atomic E-state index is 13.2. The number of aryl methyl sites for hydroxylation is 1. The highest BCUT2D eigenvalue weighted by Crippen LogP contribution is 2.45. The Morgan fingerprint density at radius 2 is 1.53 bits per heavy atom. The van der Waals surface area contributed by atoms with Gasteiger partial charge in [-0.05, 0) is 53.8 Å². The molecule has 0 spiro atoms. The quantitative estimate of drug-likeness (QED) is 0.489. The van der Waals surface area contributed by atoms with Crippen LogP contribution in [0.15, 0.2) is 60.7 Å². The van der Waals surface area contributed by atoms with E-state index >= 15 is 0 Å². The van der Waals surface area contributed by atoms with Gasteiger partial charge in [0.25, 0.3) is 5.91 Å². The van der Waals surface area contributed by atoms with Crippen LogP contribution in [-0.4, -0.2) is 33.4 Å². The number of hydrogen-bond acceptors (Lipinski definition) is 6. The van der Waals surface area contributed by atoms with E-state index in [1.165, 1.54) is 18.2 Å². The number of benzene rings is 2. The fourth-order valence-corrected chi connectivity index (χ4v) is 4.28. The van der Waals surface area contributed by atoms with E-state index in [0.29, 0.717) is 16.8 Å². The van der Waals surface area contributed by atoms with Crippen LogP contribution in [-0.2, 0) is 9.59 Å². The molecule has 0 bridgehead atoms. The van der Waals surface area contributed by atoms with Gasteiger partial charge in [-0.3, -0.25) is 14.5 Å². The third-order valence-corrected chi connectivity index (χ3v) is 6.12. The summed E-state index contributed by atoms with van der Waals surface area (Å²) < 4.78 is 41.8. The predicted octanol–water partition coefficient (Wildman–Crippen LogP) is 4.81. The van der Waals surface area contributed by atoms with Crippen LogP contribution < -0.4 is 9.64 Å². The first-order valence-corrected chi connectivity index (χ1v) is 11.3. The third kappa shape index (κ3) is 5.08. The molecule has 1 fully saturated rings. The summed E-state index contributed by atoms with van der Waals surface area (Å²) in [5.74, 6) is -3.07. The van der Waals surface area contributed by atoms with Crippen LogP contribution in [0.4, 0.5) is 19.0 Å². The Kier molecular flexibility index (Phi) is 6.81. The summed E-state index contributed by atoms with van der Waals surface area (Å²) in [7, 11) is 0. The van der Waals surface area contributed by atoms with Gasteiger partial charge >= 0.3 is 6.36 Å². The van der Waals surface area contributed by atoms with Crippen LogP contribution in [0.25, 0.3) is 0 Å². The van der Waals surface area contributed by atoms with Crippen LogP contribution >= 0.6 is 0 Å². The number of alkyl halides is 3. The number of nitrogens with zero attached hydrogens (tertiary/aromatic N) is 3. The lowest BCUT2D eigenvalue weighted by atomic mass is 9.84. The highest BCUT2D eigenvalue weighted by atomic mass is 19.4. The Hall–Kier alpha value is -3.79. The number of ether oxygens (including phenoxy) is 1. The third-order valence-electron chi connectivity index (χ3n) is 6.12. The molecular formula is C26H24F3N3O4. The number of carbonyl (C=O) groups is 2. The monoisotopic (exact) mass is 499 g/mol. The van der Waals surface area contributed by atoms with Crippen molar-refractivity contribution < 1.29 is 32.6 Å². The number of aliphatic hydroxyl groups is 1. The smallest absolute Gasteiger partial charge is 0.406 e. The number of anilines is 1. The number of carbonyl (C=O) groups excluding carboxylic acids is 2. The number of hydrogen-bond donors (Lipinski definition) is 1. The van der Waals surface area contributed by atoms with Gasteiger partial charge in [-0.25, -0.2) is 0 Å². The summed E-state index contributed by atoms with van der Waals surface area (Å²) in [5, 5.41) is 19.3. The summed E-state index contributed by atoms with van der Waals surface area (Å²) in [6.07, 6.45) is -6.23. The Labute approximate surface area is 205 Å². The van der Waals surface area contributed by atoms with Crippen LogP contribution in [0.3, 0.4) is 0 Å². The lowest BCUT2D eigenvalue weighted by molar-refractivity contribution is -0.274. The van der Waals surface area contributed by atoms with E-state index in [1.54, 1.807) is 25.1 Å². The molecule has 0 aliphatic carbocycles. The van der Waals surface area contributed by atoms with E-state index in [9.17, 15) is 27.9 Å². The number of rotatable bonds is 6. The van der Waals surface area contributed by atoms with Crippen molar-refractivity contribution in [3.05, 3.63) is 83.0 Å². The van der Waals surface area contributed by atoms with Gasteiger partial charge in [-0.15, -0.1) is 18.3 Å². The van der Waals surface area contributed by atoms with Crippen molar-refractivity contribution in [3.63, 3.8) is 0 Å². The number of ketones is 1. The van der Waals surface area contributed by atoms with Gasteiger partial charge in [0.2, 0.25) is 5.78 Å². The number of Topliss-reactive ketones (excluding diaryl/α,β-unsaturated/α-hetero) is 1. The number of aromatic nitrogens is 2. The normalized spacial score (nSPS) is 19.2. The standard InChI is InChI=1S/C26H24F3N3O4/c1-14(2)16-5-7-18(8-6-16)23(33)21-22(17-9-11-19(12-10-17)36-26(27,28)29)32(25(35)24(21)34)20-13-4-15(3)30-31-20/h4-14,21-23,33H,1-3H3. The minimum absolute atomic E-state index is 0.0874. The number of amides is 1. The second-order valence-corrected chi connectivity index (χ2v) is 8.93. The zero-order chi connectivity index (χ0) is 26.2. The van der Waals surface area contributed by atoms with Gasteiger partial charge in [0, 0.05) is 0 Å².